The van der Waals surface area contributed by atoms with E-state index in [1.165, 1.54) is 38.5 Å². The third-order valence-electron chi connectivity index (χ3n) is 3.60. The largest absolute Gasteiger partial charge is 0.389 e. The van der Waals surface area contributed by atoms with Gasteiger partial charge in [-0.05, 0) is 31.4 Å². The molecule has 4 heteroatoms. The van der Waals surface area contributed by atoms with Crippen molar-refractivity contribution in [3.05, 3.63) is 23.4 Å². The number of hydrogen-bond donors (Lipinski definition) is 2. The first-order chi connectivity index (χ1) is 8.68. The molecule has 1 aromatic rings. The van der Waals surface area contributed by atoms with Gasteiger partial charge in [-0.2, -0.15) is 0 Å². The highest BCUT2D eigenvalue weighted by atomic mass is 32.1. The van der Waals surface area contributed by atoms with E-state index in [-0.39, 0.29) is 0 Å². The van der Waals surface area contributed by atoms with E-state index in [9.17, 15) is 0 Å². The molecule has 3 nitrogen and oxygen atoms in total. The molecule has 0 amide bonds. The predicted molar refractivity (Wildman–Crippen MR) is 80.0 cm³/mol. The Morgan fingerprint density at radius 3 is 2.61 bits per heavy atom. The fourth-order valence-corrected chi connectivity index (χ4v) is 2.85. The van der Waals surface area contributed by atoms with E-state index >= 15 is 0 Å². The molecule has 1 heterocycles. The lowest BCUT2D eigenvalue weighted by Gasteiger charge is -2.19. The topological polar surface area (TPSA) is 50.9 Å². The summed E-state index contributed by atoms with van der Waals surface area (Å²) in [4.78, 5) is 4.83. The second kappa shape index (κ2) is 6.14. The Labute approximate surface area is 114 Å². The number of nitrogens with one attached hydrogen (secondary N) is 1. The highest BCUT2D eigenvalue weighted by molar-refractivity contribution is 7.80. The van der Waals surface area contributed by atoms with E-state index < -0.39 is 0 Å². The van der Waals surface area contributed by atoms with Crippen LogP contribution in [0, 0.1) is 6.92 Å². The van der Waals surface area contributed by atoms with Crippen molar-refractivity contribution in [3.8, 4) is 0 Å². The van der Waals surface area contributed by atoms with Crippen LogP contribution in [0.2, 0.25) is 0 Å². The standard InChI is InChI=1S/C14H21N3S/c1-10-8-9-16-14(12(10)13(15)18)17-11-6-4-2-3-5-7-11/h8-9,11H,2-7H2,1H3,(H2,15,18)(H,16,17). The van der Waals surface area contributed by atoms with Crippen LogP contribution in [0.3, 0.4) is 0 Å². The van der Waals surface area contributed by atoms with Gasteiger partial charge in [-0.1, -0.05) is 37.9 Å². The van der Waals surface area contributed by atoms with Crippen molar-refractivity contribution in [2.45, 2.75) is 51.5 Å². The molecular weight excluding hydrogens is 242 g/mol. The van der Waals surface area contributed by atoms with Crippen molar-refractivity contribution in [1.82, 2.24) is 4.98 Å². The van der Waals surface area contributed by atoms with Crippen molar-refractivity contribution < 1.29 is 0 Å². The lowest BCUT2D eigenvalue weighted by Crippen LogP contribution is -2.23. The zero-order chi connectivity index (χ0) is 13.0. The molecule has 0 aliphatic heterocycles. The smallest absolute Gasteiger partial charge is 0.136 e. The van der Waals surface area contributed by atoms with Crippen LogP contribution in [-0.2, 0) is 0 Å². The molecule has 0 bridgehead atoms. The number of hydrogen-bond acceptors (Lipinski definition) is 3. The Bertz CT molecular complexity index is 423. The second-order valence-electron chi connectivity index (χ2n) is 5.05. The SMILES string of the molecule is Cc1ccnc(NC2CCCCCC2)c1C(N)=S. The van der Waals surface area contributed by atoms with Crippen LogP contribution in [0.15, 0.2) is 12.3 Å². The molecular formula is C14H21N3S. The van der Waals surface area contributed by atoms with Crippen molar-refractivity contribution in [1.29, 1.82) is 0 Å². The number of anilines is 1. The zero-order valence-corrected chi connectivity index (χ0v) is 11.7. The van der Waals surface area contributed by atoms with Gasteiger partial charge in [0.15, 0.2) is 0 Å². The Hall–Kier alpha value is -1.16. The van der Waals surface area contributed by atoms with Gasteiger partial charge in [0, 0.05) is 12.2 Å². The fourth-order valence-electron chi connectivity index (χ4n) is 2.60. The van der Waals surface area contributed by atoms with Crippen molar-refractivity contribution in [3.63, 3.8) is 0 Å². The van der Waals surface area contributed by atoms with Gasteiger partial charge in [-0.3, -0.25) is 0 Å². The minimum Gasteiger partial charge on any atom is -0.389 e. The Morgan fingerprint density at radius 1 is 1.33 bits per heavy atom. The van der Waals surface area contributed by atoms with Crippen molar-refractivity contribution >= 4 is 23.0 Å². The number of aromatic nitrogens is 1. The molecule has 98 valence electrons. The number of nitrogens with two attached hydrogens (primary N) is 1. The third kappa shape index (κ3) is 3.19. The van der Waals surface area contributed by atoms with Crippen molar-refractivity contribution in [2.24, 2.45) is 5.73 Å². The third-order valence-corrected chi connectivity index (χ3v) is 3.81. The van der Waals surface area contributed by atoms with Crippen LogP contribution in [-0.4, -0.2) is 16.0 Å². The molecule has 0 aromatic carbocycles. The summed E-state index contributed by atoms with van der Waals surface area (Å²) in [5.41, 5.74) is 7.79. The van der Waals surface area contributed by atoms with Gasteiger partial charge >= 0.3 is 0 Å². The van der Waals surface area contributed by atoms with Crippen LogP contribution in [0.4, 0.5) is 5.82 Å². The van der Waals surface area contributed by atoms with Gasteiger partial charge in [0.25, 0.3) is 0 Å². The van der Waals surface area contributed by atoms with E-state index in [2.05, 4.69) is 10.3 Å². The number of pyridine rings is 1. The Morgan fingerprint density at radius 2 is 2.00 bits per heavy atom. The predicted octanol–water partition coefficient (Wildman–Crippen LogP) is 3.16. The number of aryl methyl sites for hydroxylation is 1. The molecule has 1 fully saturated rings. The quantitative estimate of drug-likeness (QED) is 0.649. The number of rotatable bonds is 3. The average Bonchev–Trinajstić information content (AvgIpc) is 2.57. The summed E-state index contributed by atoms with van der Waals surface area (Å²) in [6.07, 6.45) is 9.54. The first-order valence-corrected chi connectivity index (χ1v) is 7.11. The van der Waals surface area contributed by atoms with Gasteiger partial charge in [0.05, 0.1) is 5.56 Å². The van der Waals surface area contributed by atoms with Crippen LogP contribution >= 0.6 is 12.2 Å². The Balaban J connectivity index is 2.17. The summed E-state index contributed by atoms with van der Waals surface area (Å²) in [7, 11) is 0. The number of nitrogens with zero attached hydrogens (tertiary/aromatic N) is 1. The summed E-state index contributed by atoms with van der Waals surface area (Å²) in [5.74, 6) is 0.856. The molecule has 1 aliphatic rings. The van der Waals surface area contributed by atoms with Crippen LogP contribution < -0.4 is 11.1 Å². The van der Waals surface area contributed by atoms with E-state index in [0.717, 1.165) is 16.9 Å². The van der Waals surface area contributed by atoms with E-state index in [1.54, 1.807) is 0 Å². The monoisotopic (exact) mass is 263 g/mol. The molecule has 1 aromatic heterocycles. The normalized spacial score (nSPS) is 17.2. The summed E-state index contributed by atoms with van der Waals surface area (Å²) < 4.78 is 0. The molecule has 1 saturated carbocycles. The lowest BCUT2D eigenvalue weighted by atomic mass is 10.1. The summed E-state index contributed by atoms with van der Waals surface area (Å²) in [6, 6.07) is 2.46. The first-order valence-electron chi connectivity index (χ1n) is 6.70. The molecule has 1 aliphatic carbocycles. The maximum Gasteiger partial charge on any atom is 0.136 e. The maximum absolute atomic E-state index is 5.80. The zero-order valence-electron chi connectivity index (χ0n) is 10.9. The summed E-state index contributed by atoms with van der Waals surface area (Å²) >= 11 is 5.13. The average molecular weight is 263 g/mol. The summed E-state index contributed by atoms with van der Waals surface area (Å²) in [5, 5.41) is 3.53. The molecule has 0 unspecified atom stereocenters. The van der Waals surface area contributed by atoms with E-state index in [1.807, 2.05) is 19.2 Å². The minimum absolute atomic E-state index is 0.428. The fraction of sp³-hybridized carbons (Fsp3) is 0.571. The van der Waals surface area contributed by atoms with Gasteiger partial charge in [-0.25, -0.2) is 4.98 Å². The highest BCUT2D eigenvalue weighted by Crippen LogP contribution is 2.23. The minimum atomic E-state index is 0.428. The van der Waals surface area contributed by atoms with Gasteiger partial charge in [-0.15, -0.1) is 0 Å². The molecule has 18 heavy (non-hydrogen) atoms. The Kier molecular flexibility index (Phi) is 4.53. The molecule has 0 saturated heterocycles. The highest BCUT2D eigenvalue weighted by Gasteiger charge is 2.16. The molecule has 0 spiro atoms. The molecule has 2 rings (SSSR count). The van der Waals surface area contributed by atoms with Crippen LogP contribution in [0.25, 0.3) is 0 Å². The molecule has 0 radical (unpaired) electrons. The first kappa shape index (κ1) is 13.3. The summed E-state index contributed by atoms with van der Waals surface area (Å²) in [6.45, 7) is 2.02. The maximum atomic E-state index is 5.80. The van der Waals surface area contributed by atoms with Crippen LogP contribution in [0.1, 0.15) is 49.7 Å². The van der Waals surface area contributed by atoms with Crippen LogP contribution in [0.5, 0.6) is 0 Å². The van der Waals surface area contributed by atoms with E-state index in [0.29, 0.717) is 11.0 Å². The van der Waals surface area contributed by atoms with Gasteiger partial charge < -0.3 is 11.1 Å². The van der Waals surface area contributed by atoms with E-state index in [4.69, 9.17) is 18.0 Å². The lowest BCUT2D eigenvalue weighted by molar-refractivity contribution is 0.617. The second-order valence-corrected chi connectivity index (χ2v) is 5.49. The van der Waals surface area contributed by atoms with Crippen molar-refractivity contribution in [2.75, 3.05) is 5.32 Å². The van der Waals surface area contributed by atoms with Gasteiger partial charge in [0.1, 0.15) is 10.8 Å². The van der Waals surface area contributed by atoms with Gasteiger partial charge in [0.2, 0.25) is 0 Å². The number of thiocarbonyl (C=S) groups is 1. The molecule has 0 atom stereocenters. The molecule has 3 N–H and O–H groups in total.